The Morgan fingerprint density at radius 3 is 2.48 bits per heavy atom. The van der Waals surface area contributed by atoms with Crippen molar-refractivity contribution in [3.63, 3.8) is 0 Å². The molecule has 148 valence electrons. The van der Waals surface area contributed by atoms with Crippen LogP contribution >= 0.6 is 11.6 Å². The van der Waals surface area contributed by atoms with Gasteiger partial charge in [-0.3, -0.25) is 0 Å². The maximum Gasteiger partial charge on any atom is 0.367 e. The van der Waals surface area contributed by atoms with Crippen LogP contribution in [-0.2, 0) is 11.3 Å². The Morgan fingerprint density at radius 1 is 1.07 bits per heavy atom. The van der Waals surface area contributed by atoms with Crippen molar-refractivity contribution in [3.8, 4) is 5.69 Å². The lowest BCUT2D eigenvalue weighted by Gasteiger charge is -2.31. The van der Waals surface area contributed by atoms with Crippen molar-refractivity contribution < 1.29 is 9.63 Å². The molecule has 0 aliphatic heterocycles. The molecule has 2 aromatic carbocycles. The van der Waals surface area contributed by atoms with Crippen LogP contribution in [0, 0.1) is 12.3 Å². The van der Waals surface area contributed by atoms with Crippen molar-refractivity contribution in [1.29, 1.82) is 0 Å². The highest BCUT2D eigenvalue weighted by molar-refractivity contribution is 6.33. The van der Waals surface area contributed by atoms with Crippen LogP contribution in [0.3, 0.4) is 0 Å². The van der Waals surface area contributed by atoms with E-state index in [0.717, 1.165) is 35.5 Å². The predicted molar refractivity (Wildman–Crippen MR) is 116 cm³/mol. The highest BCUT2D eigenvalue weighted by atomic mass is 35.5. The van der Waals surface area contributed by atoms with E-state index in [2.05, 4.69) is 48.7 Å². The summed E-state index contributed by atoms with van der Waals surface area (Å²) in [5, 5.41) is 4.64. The van der Waals surface area contributed by atoms with Gasteiger partial charge in [0, 0.05) is 22.6 Å². The third kappa shape index (κ3) is 3.85. The second-order valence-corrected chi connectivity index (χ2v) is 8.64. The summed E-state index contributed by atoms with van der Waals surface area (Å²) in [5.74, 6) is -0.549. The second kappa shape index (κ2) is 7.53. The lowest BCUT2D eigenvalue weighted by atomic mass is 9.76. The molecule has 0 unspecified atom stereocenters. The number of carbonyl (C=O) groups excluding carboxylic acids is 1. The fraction of sp³-hybridized carbons (Fsp3) is 0.250. The number of rotatable bonds is 3. The van der Waals surface area contributed by atoms with Crippen LogP contribution in [0.25, 0.3) is 5.69 Å². The molecule has 0 fully saturated rings. The summed E-state index contributed by atoms with van der Waals surface area (Å²) in [4.78, 5) is 17.8. The number of aromatic nitrogens is 1. The van der Waals surface area contributed by atoms with Crippen LogP contribution in [0.5, 0.6) is 0 Å². The molecule has 0 saturated carbocycles. The van der Waals surface area contributed by atoms with Gasteiger partial charge in [0.05, 0.1) is 16.3 Å². The van der Waals surface area contributed by atoms with E-state index in [0.29, 0.717) is 10.6 Å². The molecule has 1 heterocycles. The summed E-state index contributed by atoms with van der Waals surface area (Å²) < 4.78 is 2.27. The smallest absolute Gasteiger partial charge is 0.318 e. The van der Waals surface area contributed by atoms with Gasteiger partial charge in [-0.25, -0.2) is 4.79 Å². The standard InChI is InChI=1S/C24H23ClN2O2/c1-16-13-19-21(26-29-23(28)18-11-7-8-12-20(18)25)14-24(2,3)15-22(19)27(16)17-9-5-4-6-10-17/h4-13H,14-15H2,1-3H3/b26-21+. The molecule has 4 nitrogen and oxygen atoms in total. The van der Waals surface area contributed by atoms with Crippen LogP contribution < -0.4 is 0 Å². The fourth-order valence-electron chi connectivity index (χ4n) is 3.97. The van der Waals surface area contributed by atoms with E-state index in [1.807, 2.05) is 18.2 Å². The maximum absolute atomic E-state index is 12.5. The van der Waals surface area contributed by atoms with Crippen molar-refractivity contribution in [1.82, 2.24) is 4.57 Å². The number of benzene rings is 2. The Kier molecular flexibility index (Phi) is 5.05. The fourth-order valence-corrected chi connectivity index (χ4v) is 4.18. The monoisotopic (exact) mass is 406 g/mol. The molecule has 0 bridgehead atoms. The number of para-hydroxylation sites is 1. The first-order valence-electron chi connectivity index (χ1n) is 9.65. The molecule has 1 aromatic heterocycles. The topological polar surface area (TPSA) is 43.6 Å². The zero-order valence-corrected chi connectivity index (χ0v) is 17.5. The molecule has 4 rings (SSSR count). The average molecular weight is 407 g/mol. The Bertz CT molecular complexity index is 1100. The first-order chi connectivity index (χ1) is 13.9. The van der Waals surface area contributed by atoms with Gasteiger partial charge in [0.15, 0.2) is 0 Å². The molecule has 0 radical (unpaired) electrons. The van der Waals surface area contributed by atoms with E-state index in [1.54, 1.807) is 24.3 Å². The highest BCUT2D eigenvalue weighted by Crippen LogP contribution is 2.38. The number of aryl methyl sites for hydroxylation is 1. The molecule has 5 heteroatoms. The molecule has 0 saturated heterocycles. The van der Waals surface area contributed by atoms with Gasteiger partial charge in [-0.15, -0.1) is 0 Å². The normalized spacial score (nSPS) is 16.5. The van der Waals surface area contributed by atoms with E-state index in [1.165, 1.54) is 5.69 Å². The maximum atomic E-state index is 12.5. The number of hydrogen-bond donors (Lipinski definition) is 0. The van der Waals surface area contributed by atoms with E-state index in [9.17, 15) is 4.79 Å². The molecule has 0 N–H and O–H groups in total. The SMILES string of the molecule is Cc1cc2c(n1-c1ccccc1)CC(C)(C)C/C2=N\OC(=O)c1ccccc1Cl. The van der Waals surface area contributed by atoms with Crippen LogP contribution in [0.4, 0.5) is 0 Å². The number of carbonyl (C=O) groups is 1. The minimum Gasteiger partial charge on any atom is -0.318 e. The molecule has 0 spiro atoms. The zero-order valence-electron chi connectivity index (χ0n) is 16.8. The molecular weight excluding hydrogens is 384 g/mol. The number of nitrogens with zero attached hydrogens (tertiary/aromatic N) is 2. The number of hydrogen-bond acceptors (Lipinski definition) is 3. The molecule has 0 amide bonds. The Labute approximate surface area is 175 Å². The van der Waals surface area contributed by atoms with E-state index in [4.69, 9.17) is 16.4 Å². The number of halogens is 1. The van der Waals surface area contributed by atoms with Crippen LogP contribution in [0.1, 0.15) is 47.6 Å². The summed E-state index contributed by atoms with van der Waals surface area (Å²) in [5.41, 5.74) is 5.58. The van der Waals surface area contributed by atoms with Gasteiger partial charge in [0.25, 0.3) is 0 Å². The van der Waals surface area contributed by atoms with Gasteiger partial charge >= 0.3 is 5.97 Å². The van der Waals surface area contributed by atoms with Gasteiger partial charge in [-0.2, -0.15) is 0 Å². The zero-order chi connectivity index (χ0) is 20.6. The highest BCUT2D eigenvalue weighted by Gasteiger charge is 2.33. The minimum absolute atomic E-state index is 0.0000430. The second-order valence-electron chi connectivity index (χ2n) is 8.23. The van der Waals surface area contributed by atoms with Gasteiger partial charge in [0.1, 0.15) is 0 Å². The number of oxime groups is 1. The van der Waals surface area contributed by atoms with Gasteiger partial charge < -0.3 is 9.40 Å². The lowest BCUT2D eigenvalue weighted by Crippen LogP contribution is -2.28. The predicted octanol–water partition coefficient (Wildman–Crippen LogP) is 5.97. The Balaban J connectivity index is 1.73. The van der Waals surface area contributed by atoms with Crippen molar-refractivity contribution >= 4 is 23.3 Å². The van der Waals surface area contributed by atoms with Crippen LogP contribution in [0.15, 0.2) is 65.8 Å². The van der Waals surface area contributed by atoms with E-state index in [-0.39, 0.29) is 5.41 Å². The van der Waals surface area contributed by atoms with Gasteiger partial charge in [-0.05, 0) is 55.5 Å². The van der Waals surface area contributed by atoms with Crippen molar-refractivity contribution in [2.45, 2.75) is 33.6 Å². The molecule has 29 heavy (non-hydrogen) atoms. The first-order valence-corrected chi connectivity index (χ1v) is 10.0. The quantitative estimate of drug-likeness (QED) is 0.397. The Hall–Kier alpha value is -2.85. The summed E-state index contributed by atoms with van der Waals surface area (Å²) in [6.45, 7) is 6.50. The molecular formula is C24H23ClN2O2. The van der Waals surface area contributed by atoms with E-state index < -0.39 is 5.97 Å². The average Bonchev–Trinajstić information content (AvgIpc) is 3.01. The summed E-state index contributed by atoms with van der Waals surface area (Å²) in [6.07, 6.45) is 1.65. The summed E-state index contributed by atoms with van der Waals surface area (Å²) in [6, 6.07) is 19.2. The van der Waals surface area contributed by atoms with Gasteiger partial charge in [-0.1, -0.05) is 60.9 Å². The van der Waals surface area contributed by atoms with Crippen LogP contribution in [0.2, 0.25) is 5.02 Å². The van der Waals surface area contributed by atoms with E-state index >= 15 is 0 Å². The molecule has 0 atom stereocenters. The largest absolute Gasteiger partial charge is 0.367 e. The van der Waals surface area contributed by atoms with Gasteiger partial charge in [0.2, 0.25) is 0 Å². The summed E-state index contributed by atoms with van der Waals surface area (Å²) >= 11 is 6.11. The summed E-state index contributed by atoms with van der Waals surface area (Å²) in [7, 11) is 0. The van der Waals surface area contributed by atoms with Crippen molar-refractivity contribution in [2.75, 3.05) is 0 Å². The van der Waals surface area contributed by atoms with Crippen molar-refractivity contribution in [2.24, 2.45) is 10.6 Å². The Morgan fingerprint density at radius 2 is 1.76 bits per heavy atom. The van der Waals surface area contributed by atoms with Crippen molar-refractivity contribution in [3.05, 3.63) is 88.2 Å². The lowest BCUT2D eigenvalue weighted by molar-refractivity contribution is 0.0514. The van der Waals surface area contributed by atoms with Crippen LogP contribution in [-0.4, -0.2) is 16.2 Å². The third-order valence-corrected chi connectivity index (χ3v) is 5.57. The molecule has 3 aromatic rings. The molecule has 1 aliphatic carbocycles. The number of fused-ring (bicyclic) bond motifs is 1. The third-order valence-electron chi connectivity index (χ3n) is 5.24. The first kappa shape index (κ1) is 19.5. The molecule has 1 aliphatic rings. The minimum atomic E-state index is -0.549.